The second-order valence-electron chi connectivity index (χ2n) is 7.23. The molecule has 2 N–H and O–H groups in total. The topological polar surface area (TPSA) is 47.6 Å². The second kappa shape index (κ2) is 8.15. The van der Waals surface area contributed by atoms with Crippen molar-refractivity contribution in [2.45, 2.75) is 38.3 Å². The van der Waals surface area contributed by atoms with E-state index in [0.717, 1.165) is 63.2 Å². The molecule has 0 aliphatic carbocycles. The molecule has 0 aromatic heterocycles. The van der Waals surface area contributed by atoms with Crippen LogP contribution in [0.25, 0.3) is 0 Å². The Morgan fingerprint density at radius 3 is 2.72 bits per heavy atom. The number of hydrogen-bond acceptors (Lipinski definition) is 4. The molecule has 2 fully saturated rings. The van der Waals surface area contributed by atoms with Gasteiger partial charge < -0.3 is 20.4 Å². The minimum Gasteiger partial charge on any atom is -0.369 e. The number of halogens is 1. The van der Waals surface area contributed by atoms with Crippen molar-refractivity contribution in [1.29, 1.82) is 0 Å². The van der Waals surface area contributed by atoms with Crippen molar-refractivity contribution in [3.8, 4) is 0 Å². The summed E-state index contributed by atoms with van der Waals surface area (Å²) in [5.41, 5.74) is 1.88. The quantitative estimate of drug-likeness (QED) is 0.873. The smallest absolute Gasteiger partial charge is 0.237 e. The van der Waals surface area contributed by atoms with Gasteiger partial charge in [0.15, 0.2) is 0 Å². The Kier molecular flexibility index (Phi) is 5.91. The fourth-order valence-electron chi connectivity index (χ4n) is 3.67. The minimum absolute atomic E-state index is 0.0146. The summed E-state index contributed by atoms with van der Waals surface area (Å²) in [4.78, 5) is 17.1. The lowest BCUT2D eigenvalue weighted by molar-refractivity contribution is -0.124. The fraction of sp³-hybridized carbons (Fsp3) is 0.632. The van der Waals surface area contributed by atoms with Crippen LogP contribution in [0.5, 0.6) is 0 Å². The van der Waals surface area contributed by atoms with Gasteiger partial charge in [0, 0.05) is 37.4 Å². The van der Waals surface area contributed by atoms with E-state index >= 15 is 0 Å². The van der Waals surface area contributed by atoms with Gasteiger partial charge in [-0.25, -0.2) is 4.39 Å². The summed E-state index contributed by atoms with van der Waals surface area (Å²) in [6, 6.07) is 4.57. The van der Waals surface area contributed by atoms with Gasteiger partial charge in [0.25, 0.3) is 0 Å². The highest BCUT2D eigenvalue weighted by atomic mass is 19.1. The van der Waals surface area contributed by atoms with Crippen molar-refractivity contribution in [1.82, 2.24) is 15.5 Å². The maximum absolute atomic E-state index is 13.9. The Balaban J connectivity index is 1.73. The summed E-state index contributed by atoms with van der Waals surface area (Å²) >= 11 is 0. The van der Waals surface area contributed by atoms with E-state index in [1.54, 1.807) is 6.07 Å². The summed E-state index contributed by atoms with van der Waals surface area (Å²) in [5, 5.41) is 6.34. The molecule has 1 unspecified atom stereocenters. The van der Waals surface area contributed by atoms with Crippen molar-refractivity contribution < 1.29 is 9.18 Å². The summed E-state index contributed by atoms with van der Waals surface area (Å²) in [7, 11) is 2.11. The van der Waals surface area contributed by atoms with Crippen molar-refractivity contribution in [2.24, 2.45) is 0 Å². The number of rotatable bonds is 4. The molecule has 2 saturated heterocycles. The van der Waals surface area contributed by atoms with Crippen LogP contribution in [0.2, 0.25) is 0 Å². The van der Waals surface area contributed by atoms with Gasteiger partial charge in [0.1, 0.15) is 5.82 Å². The highest BCUT2D eigenvalue weighted by molar-refractivity contribution is 5.82. The van der Waals surface area contributed by atoms with Crippen LogP contribution in [0.3, 0.4) is 0 Å². The van der Waals surface area contributed by atoms with Crippen LogP contribution in [0, 0.1) is 5.82 Å². The molecule has 6 heteroatoms. The zero-order chi connectivity index (χ0) is 17.8. The van der Waals surface area contributed by atoms with Crippen molar-refractivity contribution >= 4 is 11.6 Å². The molecule has 0 bridgehead atoms. The highest BCUT2D eigenvalue weighted by Gasteiger charge is 2.25. The molecule has 138 valence electrons. The van der Waals surface area contributed by atoms with Gasteiger partial charge in [-0.3, -0.25) is 4.79 Å². The summed E-state index contributed by atoms with van der Waals surface area (Å²) in [6.07, 6.45) is 3.07. The molecular formula is C19H29FN4O. The standard InChI is InChI=1S/C19H29FN4O/c1-14(22-19(25)17-5-3-4-8-21-17)16-13-15(20)6-7-18(16)24-11-9-23(2)10-12-24/h6-7,13-14,17,21H,3-5,8-12H2,1-2H3,(H,22,25)/t14?,17-/m1/s1. The Morgan fingerprint density at radius 1 is 1.28 bits per heavy atom. The monoisotopic (exact) mass is 348 g/mol. The van der Waals surface area contributed by atoms with Crippen LogP contribution in [0.4, 0.5) is 10.1 Å². The largest absolute Gasteiger partial charge is 0.369 e. The number of carbonyl (C=O) groups is 1. The maximum atomic E-state index is 13.9. The average molecular weight is 348 g/mol. The van der Waals surface area contributed by atoms with Gasteiger partial charge >= 0.3 is 0 Å². The predicted molar refractivity (Wildman–Crippen MR) is 98.3 cm³/mol. The lowest BCUT2D eigenvalue weighted by atomic mass is 10.0. The van der Waals surface area contributed by atoms with Crippen LogP contribution in [-0.2, 0) is 4.79 Å². The van der Waals surface area contributed by atoms with Crippen LogP contribution in [0.15, 0.2) is 18.2 Å². The number of piperidine rings is 1. The molecule has 0 radical (unpaired) electrons. The lowest BCUT2D eigenvalue weighted by Gasteiger charge is -2.36. The van der Waals surface area contributed by atoms with Gasteiger partial charge in [-0.15, -0.1) is 0 Å². The van der Waals surface area contributed by atoms with E-state index in [1.807, 2.05) is 13.0 Å². The van der Waals surface area contributed by atoms with Gasteiger partial charge in [-0.05, 0) is 51.6 Å². The van der Waals surface area contributed by atoms with E-state index in [-0.39, 0.29) is 23.8 Å². The Morgan fingerprint density at radius 2 is 2.04 bits per heavy atom. The molecule has 0 spiro atoms. The highest BCUT2D eigenvalue weighted by Crippen LogP contribution is 2.28. The molecule has 0 saturated carbocycles. The fourth-order valence-corrected chi connectivity index (χ4v) is 3.67. The van der Waals surface area contributed by atoms with Crippen LogP contribution in [-0.4, -0.2) is 56.6 Å². The Bertz CT molecular complexity index is 595. The number of anilines is 1. The predicted octanol–water partition coefficient (Wildman–Crippen LogP) is 1.90. The summed E-state index contributed by atoms with van der Waals surface area (Å²) < 4.78 is 13.9. The molecule has 25 heavy (non-hydrogen) atoms. The van der Waals surface area contributed by atoms with Gasteiger partial charge in [-0.2, -0.15) is 0 Å². The molecule has 5 nitrogen and oxygen atoms in total. The third-order valence-electron chi connectivity index (χ3n) is 5.29. The molecule has 1 amide bonds. The van der Waals surface area contributed by atoms with E-state index < -0.39 is 0 Å². The number of benzene rings is 1. The first-order valence-corrected chi connectivity index (χ1v) is 9.31. The second-order valence-corrected chi connectivity index (χ2v) is 7.23. The molecule has 1 aromatic rings. The SMILES string of the molecule is CC(NC(=O)[C@H]1CCCCN1)c1cc(F)ccc1N1CCN(C)CC1. The molecule has 2 aliphatic rings. The number of carbonyl (C=O) groups excluding carboxylic acids is 1. The number of likely N-dealkylation sites (N-methyl/N-ethyl adjacent to an activating group) is 1. The summed E-state index contributed by atoms with van der Waals surface area (Å²) in [5.74, 6) is -0.245. The summed E-state index contributed by atoms with van der Waals surface area (Å²) in [6.45, 7) is 6.64. The van der Waals surface area contributed by atoms with Crippen LogP contribution >= 0.6 is 0 Å². The minimum atomic E-state index is -0.259. The molecule has 3 rings (SSSR count). The van der Waals surface area contributed by atoms with E-state index in [9.17, 15) is 9.18 Å². The number of nitrogens with zero attached hydrogens (tertiary/aromatic N) is 2. The normalized spacial score (nSPS) is 23.3. The first-order valence-electron chi connectivity index (χ1n) is 9.31. The third-order valence-corrected chi connectivity index (χ3v) is 5.29. The third kappa shape index (κ3) is 4.50. The van der Waals surface area contributed by atoms with E-state index in [1.165, 1.54) is 6.07 Å². The lowest BCUT2D eigenvalue weighted by Crippen LogP contribution is -2.47. The van der Waals surface area contributed by atoms with E-state index in [0.29, 0.717) is 0 Å². The van der Waals surface area contributed by atoms with Gasteiger partial charge in [0.05, 0.1) is 12.1 Å². The number of hydrogen-bond donors (Lipinski definition) is 2. The van der Waals surface area contributed by atoms with Crippen molar-refractivity contribution in [3.05, 3.63) is 29.6 Å². The molecule has 2 heterocycles. The molecule has 2 atom stereocenters. The molecular weight excluding hydrogens is 319 g/mol. The first-order chi connectivity index (χ1) is 12.0. The van der Waals surface area contributed by atoms with Crippen molar-refractivity contribution in [2.75, 3.05) is 44.7 Å². The average Bonchev–Trinajstić information content (AvgIpc) is 2.63. The Hall–Kier alpha value is -1.66. The number of piperazine rings is 1. The maximum Gasteiger partial charge on any atom is 0.237 e. The van der Waals surface area contributed by atoms with Gasteiger partial charge in [-0.1, -0.05) is 6.42 Å². The molecule has 1 aromatic carbocycles. The van der Waals surface area contributed by atoms with Gasteiger partial charge in [0.2, 0.25) is 5.91 Å². The zero-order valence-corrected chi connectivity index (χ0v) is 15.2. The van der Waals surface area contributed by atoms with E-state index in [4.69, 9.17) is 0 Å². The first kappa shape index (κ1) is 18.1. The Labute approximate surface area is 149 Å². The van der Waals surface area contributed by atoms with Crippen LogP contribution < -0.4 is 15.5 Å². The van der Waals surface area contributed by atoms with Crippen molar-refractivity contribution in [3.63, 3.8) is 0 Å². The number of nitrogens with one attached hydrogen (secondary N) is 2. The molecule has 2 aliphatic heterocycles. The number of amides is 1. The zero-order valence-electron chi connectivity index (χ0n) is 15.2. The van der Waals surface area contributed by atoms with Crippen LogP contribution in [0.1, 0.15) is 37.8 Å². The van der Waals surface area contributed by atoms with E-state index in [2.05, 4.69) is 27.5 Å².